The minimum Gasteiger partial charge on any atom is -0.391 e. The van der Waals surface area contributed by atoms with Crippen molar-refractivity contribution < 1.29 is 10.2 Å². The lowest BCUT2D eigenvalue weighted by molar-refractivity contribution is 0.106. The Bertz CT molecular complexity index is 355. The average Bonchev–Trinajstić information content (AvgIpc) is 2.39. The van der Waals surface area contributed by atoms with E-state index in [0.717, 1.165) is 31.5 Å². The van der Waals surface area contributed by atoms with Crippen LogP contribution in [0.25, 0.3) is 0 Å². The molecule has 0 bridgehead atoms. The third kappa shape index (κ3) is 2.73. The van der Waals surface area contributed by atoms with Crippen molar-refractivity contribution in [3.63, 3.8) is 0 Å². The summed E-state index contributed by atoms with van der Waals surface area (Å²) in [6.07, 6.45) is 3.81. The molecule has 2 rings (SSSR count). The van der Waals surface area contributed by atoms with Crippen LogP contribution < -0.4 is 4.90 Å². The van der Waals surface area contributed by atoms with Gasteiger partial charge in [-0.2, -0.15) is 5.10 Å². The first-order valence-corrected chi connectivity index (χ1v) is 6.06. The lowest BCUT2D eigenvalue weighted by Gasteiger charge is -2.35. The minimum absolute atomic E-state index is 0.0942. The Morgan fingerprint density at radius 2 is 2.06 bits per heavy atom. The van der Waals surface area contributed by atoms with E-state index >= 15 is 0 Å². The summed E-state index contributed by atoms with van der Waals surface area (Å²) in [5, 5.41) is 26.9. The minimum atomic E-state index is -0.284. The molecular weight excluding hydrogens is 218 g/mol. The van der Waals surface area contributed by atoms with E-state index in [1.807, 2.05) is 18.0 Å². The topological polar surface area (TPSA) is 69.5 Å². The summed E-state index contributed by atoms with van der Waals surface area (Å²) in [7, 11) is 1.93. The van der Waals surface area contributed by atoms with E-state index in [0.29, 0.717) is 5.69 Å². The lowest BCUT2D eigenvalue weighted by atomic mass is 9.91. The van der Waals surface area contributed by atoms with Gasteiger partial charge in [-0.1, -0.05) is 12.8 Å². The molecule has 5 heteroatoms. The summed E-state index contributed by atoms with van der Waals surface area (Å²) >= 11 is 0. The number of aliphatic hydroxyl groups excluding tert-OH is 2. The maximum atomic E-state index is 9.97. The smallest absolute Gasteiger partial charge is 0.151 e. The standard InChI is InChI=1S/C12H19N3O2/c1-15(10-4-2-3-5-11(10)17)12-7-6-9(8-16)13-14-12/h6-7,10-11,16-17H,2-5,8H2,1H3. The molecule has 1 aromatic rings. The van der Waals surface area contributed by atoms with Crippen molar-refractivity contribution >= 4 is 5.82 Å². The van der Waals surface area contributed by atoms with Crippen molar-refractivity contribution in [2.45, 2.75) is 44.4 Å². The SMILES string of the molecule is CN(c1ccc(CO)nn1)C1CCCCC1O. The number of rotatable bonds is 3. The van der Waals surface area contributed by atoms with E-state index < -0.39 is 0 Å². The molecule has 0 saturated heterocycles. The molecule has 1 heterocycles. The molecule has 17 heavy (non-hydrogen) atoms. The first kappa shape index (κ1) is 12.3. The van der Waals surface area contributed by atoms with Crippen molar-refractivity contribution in [3.8, 4) is 0 Å². The number of likely N-dealkylation sites (N-methyl/N-ethyl adjacent to an activating group) is 1. The van der Waals surface area contributed by atoms with Gasteiger partial charge in [0.25, 0.3) is 0 Å². The van der Waals surface area contributed by atoms with Crippen molar-refractivity contribution in [3.05, 3.63) is 17.8 Å². The predicted molar refractivity (Wildman–Crippen MR) is 64.6 cm³/mol. The van der Waals surface area contributed by atoms with Crippen LogP contribution in [0, 0.1) is 0 Å². The van der Waals surface area contributed by atoms with E-state index in [9.17, 15) is 5.11 Å². The van der Waals surface area contributed by atoms with Crippen molar-refractivity contribution in [1.82, 2.24) is 10.2 Å². The van der Waals surface area contributed by atoms with Crippen molar-refractivity contribution in [2.24, 2.45) is 0 Å². The normalized spacial score (nSPS) is 24.6. The van der Waals surface area contributed by atoms with E-state index in [-0.39, 0.29) is 18.8 Å². The molecular formula is C12H19N3O2. The fraction of sp³-hybridized carbons (Fsp3) is 0.667. The zero-order valence-corrected chi connectivity index (χ0v) is 10.1. The van der Waals surface area contributed by atoms with Gasteiger partial charge in [0.2, 0.25) is 0 Å². The van der Waals surface area contributed by atoms with Crippen LogP contribution in [-0.2, 0) is 6.61 Å². The number of hydrogen-bond donors (Lipinski definition) is 2. The van der Waals surface area contributed by atoms with Crippen LogP contribution in [-0.4, -0.2) is 39.6 Å². The molecule has 0 radical (unpaired) electrons. The molecule has 1 aromatic heterocycles. The van der Waals surface area contributed by atoms with Crippen LogP contribution in [0.2, 0.25) is 0 Å². The highest BCUT2D eigenvalue weighted by Gasteiger charge is 2.27. The molecule has 0 aliphatic heterocycles. The molecule has 0 amide bonds. The quantitative estimate of drug-likeness (QED) is 0.810. The lowest BCUT2D eigenvalue weighted by Crippen LogP contribution is -2.43. The molecule has 2 N–H and O–H groups in total. The van der Waals surface area contributed by atoms with Gasteiger partial charge in [-0.05, 0) is 25.0 Å². The Hall–Kier alpha value is -1.20. The van der Waals surface area contributed by atoms with Gasteiger partial charge >= 0.3 is 0 Å². The van der Waals surface area contributed by atoms with Gasteiger partial charge in [0.05, 0.1) is 24.4 Å². The van der Waals surface area contributed by atoms with E-state index in [2.05, 4.69) is 10.2 Å². The van der Waals surface area contributed by atoms with Gasteiger partial charge in [0, 0.05) is 7.05 Å². The summed E-state index contributed by atoms with van der Waals surface area (Å²) in [6.45, 7) is -0.0942. The van der Waals surface area contributed by atoms with Crippen molar-refractivity contribution in [1.29, 1.82) is 0 Å². The van der Waals surface area contributed by atoms with E-state index in [4.69, 9.17) is 5.11 Å². The maximum absolute atomic E-state index is 9.97. The van der Waals surface area contributed by atoms with Crippen LogP contribution >= 0.6 is 0 Å². The van der Waals surface area contributed by atoms with Gasteiger partial charge in [-0.3, -0.25) is 0 Å². The highest BCUT2D eigenvalue weighted by atomic mass is 16.3. The van der Waals surface area contributed by atoms with Gasteiger partial charge in [-0.25, -0.2) is 0 Å². The molecule has 94 valence electrons. The maximum Gasteiger partial charge on any atom is 0.151 e. The zero-order valence-electron chi connectivity index (χ0n) is 10.1. The average molecular weight is 237 g/mol. The summed E-state index contributed by atoms with van der Waals surface area (Å²) < 4.78 is 0. The monoisotopic (exact) mass is 237 g/mol. The summed E-state index contributed by atoms with van der Waals surface area (Å²) in [5.41, 5.74) is 0.561. The zero-order chi connectivity index (χ0) is 12.3. The number of nitrogens with zero attached hydrogens (tertiary/aromatic N) is 3. The predicted octanol–water partition coefficient (Wildman–Crippen LogP) is 0.709. The molecule has 2 unspecified atom stereocenters. The Morgan fingerprint density at radius 1 is 1.29 bits per heavy atom. The first-order chi connectivity index (χ1) is 8.22. The van der Waals surface area contributed by atoms with Crippen LogP contribution in [0.3, 0.4) is 0 Å². The number of anilines is 1. The molecule has 1 fully saturated rings. The van der Waals surface area contributed by atoms with Crippen molar-refractivity contribution in [2.75, 3.05) is 11.9 Å². The Balaban J connectivity index is 2.09. The van der Waals surface area contributed by atoms with Crippen LogP contribution in [0.4, 0.5) is 5.82 Å². The van der Waals surface area contributed by atoms with Gasteiger partial charge in [-0.15, -0.1) is 5.10 Å². The third-order valence-electron chi connectivity index (χ3n) is 3.42. The third-order valence-corrected chi connectivity index (χ3v) is 3.42. The fourth-order valence-corrected chi connectivity index (χ4v) is 2.34. The highest BCUT2D eigenvalue weighted by Crippen LogP contribution is 2.25. The molecule has 1 saturated carbocycles. The van der Waals surface area contributed by atoms with Crippen LogP contribution in [0.15, 0.2) is 12.1 Å². The molecule has 0 aromatic carbocycles. The van der Waals surface area contributed by atoms with Crippen LogP contribution in [0.1, 0.15) is 31.4 Å². The Labute approximate surface area is 101 Å². The van der Waals surface area contributed by atoms with E-state index in [1.165, 1.54) is 0 Å². The van der Waals surface area contributed by atoms with Gasteiger partial charge in [0.15, 0.2) is 5.82 Å². The first-order valence-electron chi connectivity index (χ1n) is 6.06. The van der Waals surface area contributed by atoms with Gasteiger partial charge in [0.1, 0.15) is 0 Å². The largest absolute Gasteiger partial charge is 0.391 e. The Morgan fingerprint density at radius 3 is 2.65 bits per heavy atom. The number of aromatic nitrogens is 2. The fourth-order valence-electron chi connectivity index (χ4n) is 2.34. The molecule has 5 nitrogen and oxygen atoms in total. The second-order valence-electron chi connectivity index (χ2n) is 4.57. The highest BCUT2D eigenvalue weighted by molar-refractivity contribution is 5.38. The molecule has 1 aliphatic carbocycles. The molecule has 1 aliphatic rings. The van der Waals surface area contributed by atoms with E-state index in [1.54, 1.807) is 6.07 Å². The summed E-state index contributed by atoms with van der Waals surface area (Å²) in [4.78, 5) is 1.98. The Kier molecular flexibility index (Phi) is 3.91. The molecule has 0 spiro atoms. The number of aliphatic hydroxyl groups is 2. The summed E-state index contributed by atoms with van der Waals surface area (Å²) in [6, 6.07) is 3.71. The van der Waals surface area contributed by atoms with Crippen LogP contribution in [0.5, 0.6) is 0 Å². The molecule has 2 atom stereocenters. The summed E-state index contributed by atoms with van der Waals surface area (Å²) in [5.74, 6) is 0.744. The second kappa shape index (κ2) is 5.42. The number of hydrogen-bond acceptors (Lipinski definition) is 5. The second-order valence-corrected chi connectivity index (χ2v) is 4.57. The van der Waals surface area contributed by atoms with Gasteiger partial charge < -0.3 is 15.1 Å².